The van der Waals surface area contributed by atoms with E-state index in [1.54, 1.807) is 18.5 Å². The maximum Gasteiger partial charge on any atom is 0.218 e. The smallest absolute Gasteiger partial charge is 0.218 e. The van der Waals surface area contributed by atoms with Crippen LogP contribution in [0.3, 0.4) is 0 Å². The lowest BCUT2D eigenvalue weighted by atomic mass is 10.2. The number of hydrogen-bond acceptors (Lipinski definition) is 7. The highest BCUT2D eigenvalue weighted by atomic mass is 32.2. The fourth-order valence-electron chi connectivity index (χ4n) is 3.34. The molecule has 11 heteroatoms. The zero-order chi connectivity index (χ0) is 21.8. The largest absolute Gasteiger partial charge is 0.352 e. The lowest BCUT2D eigenvalue weighted by Gasteiger charge is -2.34. The van der Waals surface area contributed by atoms with Gasteiger partial charge in [-0.05, 0) is 42.0 Å². The molecule has 31 heavy (non-hydrogen) atoms. The number of pyridine rings is 1. The first-order valence-corrected chi connectivity index (χ1v) is 11.2. The number of nitrogens with zero attached hydrogens (tertiary/aromatic N) is 5. The first kappa shape index (κ1) is 21.1. The number of piperazine rings is 1. The molecular formula is C20H20F2N6O2S. The molecule has 1 saturated heterocycles. The summed E-state index contributed by atoms with van der Waals surface area (Å²) in [6, 6.07) is 10.1. The molecule has 8 nitrogen and oxygen atoms in total. The number of nitrogens with one attached hydrogen (secondary N) is 1. The van der Waals surface area contributed by atoms with Crippen LogP contribution >= 0.6 is 0 Å². The number of halogens is 2. The van der Waals surface area contributed by atoms with Crippen LogP contribution in [0.2, 0.25) is 0 Å². The van der Waals surface area contributed by atoms with Crippen molar-refractivity contribution in [3.63, 3.8) is 0 Å². The van der Waals surface area contributed by atoms with E-state index in [1.165, 1.54) is 4.31 Å². The highest BCUT2D eigenvalue weighted by Gasteiger charge is 2.28. The van der Waals surface area contributed by atoms with Crippen molar-refractivity contribution in [1.29, 1.82) is 0 Å². The molecule has 3 aromatic rings. The van der Waals surface area contributed by atoms with Gasteiger partial charge in [0.15, 0.2) is 11.6 Å². The number of anilines is 3. The Morgan fingerprint density at radius 1 is 0.968 bits per heavy atom. The van der Waals surface area contributed by atoms with Gasteiger partial charge in [-0.15, -0.1) is 10.2 Å². The lowest BCUT2D eigenvalue weighted by Crippen LogP contribution is -2.49. The Kier molecular flexibility index (Phi) is 6.05. The molecule has 4 rings (SSSR count). The van der Waals surface area contributed by atoms with E-state index in [0.717, 1.165) is 17.8 Å². The fraction of sp³-hybridized carbons (Fsp3) is 0.250. The van der Waals surface area contributed by atoms with E-state index < -0.39 is 27.4 Å². The molecule has 0 spiro atoms. The Morgan fingerprint density at radius 3 is 2.32 bits per heavy atom. The monoisotopic (exact) mass is 446 g/mol. The number of benzene rings is 1. The predicted octanol–water partition coefficient (Wildman–Crippen LogP) is 2.55. The number of aromatic nitrogens is 3. The van der Waals surface area contributed by atoms with E-state index in [4.69, 9.17) is 0 Å². The molecule has 1 fully saturated rings. The summed E-state index contributed by atoms with van der Waals surface area (Å²) >= 11 is 0. The third-order valence-electron chi connectivity index (χ3n) is 4.81. The summed E-state index contributed by atoms with van der Waals surface area (Å²) in [6.07, 6.45) is 3.35. The quantitative estimate of drug-likeness (QED) is 0.622. The van der Waals surface area contributed by atoms with Crippen LogP contribution in [0.4, 0.5) is 26.1 Å². The van der Waals surface area contributed by atoms with Gasteiger partial charge in [0.2, 0.25) is 10.0 Å². The molecule has 0 bridgehead atoms. The molecule has 0 atom stereocenters. The minimum atomic E-state index is -3.70. The number of sulfonamides is 1. The van der Waals surface area contributed by atoms with Crippen molar-refractivity contribution in [2.24, 2.45) is 0 Å². The van der Waals surface area contributed by atoms with Crippen molar-refractivity contribution in [2.75, 3.05) is 36.4 Å². The van der Waals surface area contributed by atoms with E-state index in [-0.39, 0.29) is 18.7 Å². The second-order valence-corrected chi connectivity index (χ2v) is 9.03. The topological polar surface area (TPSA) is 91.3 Å². The van der Waals surface area contributed by atoms with Gasteiger partial charge in [-0.3, -0.25) is 4.98 Å². The SMILES string of the molecule is O=S(=O)(Cc1cc(F)cc(F)c1)N1CCN(c2ccc(Nc3cccnc3)nn2)CC1. The highest BCUT2D eigenvalue weighted by Crippen LogP contribution is 2.20. The van der Waals surface area contributed by atoms with Gasteiger partial charge in [0.05, 0.1) is 17.6 Å². The lowest BCUT2D eigenvalue weighted by molar-refractivity contribution is 0.383. The van der Waals surface area contributed by atoms with Crippen LogP contribution in [-0.2, 0) is 15.8 Å². The summed E-state index contributed by atoms with van der Waals surface area (Å²) < 4.78 is 53.4. The van der Waals surface area contributed by atoms with Gasteiger partial charge in [-0.25, -0.2) is 17.2 Å². The van der Waals surface area contributed by atoms with Crippen molar-refractivity contribution >= 4 is 27.3 Å². The van der Waals surface area contributed by atoms with Crippen molar-refractivity contribution in [2.45, 2.75) is 5.75 Å². The van der Waals surface area contributed by atoms with Gasteiger partial charge < -0.3 is 10.2 Å². The highest BCUT2D eigenvalue weighted by molar-refractivity contribution is 7.88. The summed E-state index contributed by atoms with van der Waals surface area (Å²) in [4.78, 5) is 5.96. The van der Waals surface area contributed by atoms with Gasteiger partial charge in [0, 0.05) is 38.4 Å². The van der Waals surface area contributed by atoms with Crippen molar-refractivity contribution in [3.8, 4) is 0 Å². The number of rotatable bonds is 6. The maximum atomic E-state index is 13.4. The van der Waals surface area contributed by atoms with E-state index >= 15 is 0 Å². The molecule has 0 unspecified atom stereocenters. The predicted molar refractivity (Wildman–Crippen MR) is 112 cm³/mol. The second kappa shape index (κ2) is 8.90. The van der Waals surface area contributed by atoms with Gasteiger partial charge in [-0.1, -0.05) is 0 Å². The molecule has 0 saturated carbocycles. The molecule has 1 aliphatic rings. The van der Waals surface area contributed by atoms with Crippen LogP contribution in [0.25, 0.3) is 0 Å². The minimum Gasteiger partial charge on any atom is -0.352 e. The first-order valence-electron chi connectivity index (χ1n) is 9.57. The van der Waals surface area contributed by atoms with Crippen LogP contribution < -0.4 is 10.2 Å². The molecule has 0 aliphatic carbocycles. The molecule has 1 aliphatic heterocycles. The third-order valence-corrected chi connectivity index (χ3v) is 6.66. The minimum absolute atomic E-state index is 0.0856. The van der Waals surface area contributed by atoms with E-state index in [2.05, 4.69) is 20.5 Å². The molecule has 1 N–H and O–H groups in total. The Morgan fingerprint density at radius 2 is 1.71 bits per heavy atom. The second-order valence-electron chi connectivity index (χ2n) is 7.06. The van der Waals surface area contributed by atoms with E-state index in [0.29, 0.717) is 30.8 Å². The molecule has 162 valence electrons. The van der Waals surface area contributed by atoms with Gasteiger partial charge in [-0.2, -0.15) is 4.31 Å². The van der Waals surface area contributed by atoms with Crippen LogP contribution in [0.5, 0.6) is 0 Å². The molecule has 3 heterocycles. The average molecular weight is 446 g/mol. The van der Waals surface area contributed by atoms with Crippen LogP contribution in [0, 0.1) is 11.6 Å². The molecular weight excluding hydrogens is 426 g/mol. The van der Waals surface area contributed by atoms with Crippen LogP contribution in [0.15, 0.2) is 54.9 Å². The summed E-state index contributed by atoms with van der Waals surface area (Å²) in [5, 5.41) is 11.5. The normalized spacial score (nSPS) is 15.1. The standard InChI is InChI=1S/C20H20F2N6O2S/c21-16-10-15(11-17(22)12-16)14-31(29,30)28-8-6-27(7-9-28)20-4-3-19(25-26-20)24-18-2-1-5-23-13-18/h1-5,10-13H,6-9,14H2,(H,24,25). The summed E-state index contributed by atoms with van der Waals surface area (Å²) in [5.41, 5.74) is 0.879. The Labute approximate surface area is 178 Å². The Bertz CT molecular complexity index is 1120. The Balaban J connectivity index is 1.35. The molecule has 0 radical (unpaired) electrons. The molecule has 2 aromatic heterocycles. The number of hydrogen-bond donors (Lipinski definition) is 1. The average Bonchev–Trinajstić information content (AvgIpc) is 2.74. The van der Waals surface area contributed by atoms with E-state index in [1.807, 2.05) is 23.1 Å². The van der Waals surface area contributed by atoms with Crippen molar-refractivity contribution < 1.29 is 17.2 Å². The van der Waals surface area contributed by atoms with Gasteiger partial charge in [0.25, 0.3) is 0 Å². The Hall–Kier alpha value is -3.18. The van der Waals surface area contributed by atoms with Gasteiger partial charge in [0.1, 0.15) is 11.6 Å². The van der Waals surface area contributed by atoms with E-state index in [9.17, 15) is 17.2 Å². The zero-order valence-corrected chi connectivity index (χ0v) is 17.3. The summed E-state index contributed by atoms with van der Waals surface area (Å²) in [6.45, 7) is 1.36. The zero-order valence-electron chi connectivity index (χ0n) is 16.4. The maximum absolute atomic E-state index is 13.4. The van der Waals surface area contributed by atoms with Crippen molar-refractivity contribution in [3.05, 3.63) is 72.1 Å². The molecule has 1 aromatic carbocycles. The fourth-order valence-corrected chi connectivity index (χ4v) is 4.83. The summed E-state index contributed by atoms with van der Waals surface area (Å²) in [7, 11) is -3.70. The van der Waals surface area contributed by atoms with Gasteiger partial charge >= 0.3 is 0 Å². The third kappa shape index (κ3) is 5.30. The van der Waals surface area contributed by atoms with Crippen molar-refractivity contribution in [1.82, 2.24) is 19.5 Å². The van der Waals surface area contributed by atoms with Crippen LogP contribution in [-0.4, -0.2) is 54.1 Å². The summed E-state index contributed by atoms with van der Waals surface area (Å²) in [5.74, 6) is -0.831. The molecule has 0 amide bonds. The van der Waals surface area contributed by atoms with Crippen LogP contribution in [0.1, 0.15) is 5.56 Å². The first-order chi connectivity index (χ1) is 14.9.